The van der Waals surface area contributed by atoms with Crippen molar-refractivity contribution in [2.45, 2.75) is 19.5 Å². The molecule has 0 N–H and O–H groups in total. The molecule has 28 heavy (non-hydrogen) atoms. The van der Waals surface area contributed by atoms with Crippen molar-refractivity contribution in [2.24, 2.45) is 0 Å². The first-order valence-electron chi connectivity index (χ1n) is 9.11. The molecular weight excluding hydrogens is 358 g/mol. The molecular formula is C21H23N3O4. The number of furan rings is 1. The third-order valence-corrected chi connectivity index (χ3v) is 4.95. The number of benzene rings is 1. The number of ether oxygens (including phenoxy) is 3. The number of rotatable bonds is 6. The summed E-state index contributed by atoms with van der Waals surface area (Å²) in [5.41, 5.74) is 3.21. The molecule has 0 radical (unpaired) electrons. The molecule has 0 saturated heterocycles. The molecule has 0 spiro atoms. The van der Waals surface area contributed by atoms with Gasteiger partial charge in [-0.1, -0.05) is 0 Å². The molecule has 0 amide bonds. The van der Waals surface area contributed by atoms with Crippen LogP contribution in [0.3, 0.4) is 0 Å². The first-order valence-corrected chi connectivity index (χ1v) is 9.11. The highest BCUT2D eigenvalue weighted by atomic mass is 16.5. The van der Waals surface area contributed by atoms with Crippen molar-refractivity contribution in [1.29, 1.82) is 0 Å². The molecule has 3 heterocycles. The SMILES string of the molecule is COc1cc(OC)c(CN2CCc3nc(-c4ccco4)ncc3C2)c(OC)c1. The Kier molecular flexibility index (Phi) is 5.16. The van der Waals surface area contributed by atoms with Gasteiger partial charge in [0.15, 0.2) is 11.6 Å². The van der Waals surface area contributed by atoms with Crippen molar-refractivity contribution < 1.29 is 18.6 Å². The van der Waals surface area contributed by atoms with Gasteiger partial charge < -0.3 is 18.6 Å². The molecule has 0 bridgehead atoms. The molecule has 0 fully saturated rings. The monoisotopic (exact) mass is 381 g/mol. The van der Waals surface area contributed by atoms with E-state index >= 15 is 0 Å². The van der Waals surface area contributed by atoms with Gasteiger partial charge >= 0.3 is 0 Å². The number of aromatic nitrogens is 2. The van der Waals surface area contributed by atoms with Crippen LogP contribution in [0.5, 0.6) is 17.2 Å². The fourth-order valence-electron chi connectivity index (χ4n) is 3.49. The Morgan fingerprint density at radius 1 is 1.11 bits per heavy atom. The standard InChI is InChI=1S/C21H23N3O4/c1-25-15-9-19(26-2)16(20(10-15)27-3)13-24-7-6-17-14(12-24)11-22-21(23-17)18-5-4-8-28-18/h4-5,8-11H,6-7,12-13H2,1-3H3. The minimum Gasteiger partial charge on any atom is -0.496 e. The largest absolute Gasteiger partial charge is 0.496 e. The summed E-state index contributed by atoms with van der Waals surface area (Å²) >= 11 is 0. The molecule has 7 heteroatoms. The normalized spacial score (nSPS) is 13.8. The summed E-state index contributed by atoms with van der Waals surface area (Å²) in [5, 5.41) is 0. The smallest absolute Gasteiger partial charge is 0.195 e. The lowest BCUT2D eigenvalue weighted by Gasteiger charge is -2.29. The van der Waals surface area contributed by atoms with E-state index in [2.05, 4.69) is 14.9 Å². The fourth-order valence-corrected chi connectivity index (χ4v) is 3.49. The van der Waals surface area contributed by atoms with Gasteiger partial charge in [0.2, 0.25) is 0 Å². The van der Waals surface area contributed by atoms with Crippen LogP contribution in [-0.4, -0.2) is 42.7 Å². The van der Waals surface area contributed by atoms with E-state index in [1.54, 1.807) is 27.6 Å². The second kappa shape index (κ2) is 7.90. The predicted molar refractivity (Wildman–Crippen MR) is 104 cm³/mol. The van der Waals surface area contributed by atoms with E-state index in [4.69, 9.17) is 18.6 Å². The minimum absolute atomic E-state index is 0.635. The summed E-state index contributed by atoms with van der Waals surface area (Å²) in [4.78, 5) is 11.5. The van der Waals surface area contributed by atoms with Crippen molar-refractivity contribution in [1.82, 2.24) is 14.9 Å². The van der Waals surface area contributed by atoms with Crippen molar-refractivity contribution in [3.63, 3.8) is 0 Å². The summed E-state index contributed by atoms with van der Waals surface area (Å²) in [6.45, 7) is 2.36. The van der Waals surface area contributed by atoms with Crippen LogP contribution in [0, 0.1) is 0 Å². The molecule has 1 aliphatic heterocycles. The number of hydrogen-bond acceptors (Lipinski definition) is 7. The molecule has 7 nitrogen and oxygen atoms in total. The first-order chi connectivity index (χ1) is 13.7. The van der Waals surface area contributed by atoms with E-state index < -0.39 is 0 Å². The number of hydrogen-bond donors (Lipinski definition) is 0. The van der Waals surface area contributed by atoms with Gasteiger partial charge in [-0.05, 0) is 12.1 Å². The van der Waals surface area contributed by atoms with Gasteiger partial charge in [0.1, 0.15) is 17.2 Å². The average Bonchev–Trinajstić information content (AvgIpc) is 3.28. The summed E-state index contributed by atoms with van der Waals surface area (Å²) in [6.07, 6.45) is 4.39. The molecule has 2 aromatic heterocycles. The van der Waals surface area contributed by atoms with E-state index in [0.717, 1.165) is 47.8 Å². The van der Waals surface area contributed by atoms with E-state index in [0.29, 0.717) is 23.9 Å². The zero-order valence-corrected chi connectivity index (χ0v) is 16.3. The van der Waals surface area contributed by atoms with Crippen LogP contribution in [0.25, 0.3) is 11.6 Å². The Morgan fingerprint density at radius 2 is 1.89 bits per heavy atom. The van der Waals surface area contributed by atoms with Crippen LogP contribution in [0.1, 0.15) is 16.8 Å². The van der Waals surface area contributed by atoms with Gasteiger partial charge in [-0.3, -0.25) is 4.90 Å². The molecule has 0 unspecified atom stereocenters. The van der Waals surface area contributed by atoms with Gasteiger partial charge in [0.05, 0.1) is 38.8 Å². The quantitative estimate of drug-likeness (QED) is 0.649. The first kappa shape index (κ1) is 18.3. The molecule has 1 aliphatic rings. The van der Waals surface area contributed by atoms with Crippen LogP contribution < -0.4 is 14.2 Å². The van der Waals surface area contributed by atoms with E-state index in [1.807, 2.05) is 30.5 Å². The highest BCUT2D eigenvalue weighted by molar-refractivity contribution is 5.51. The highest BCUT2D eigenvalue weighted by Crippen LogP contribution is 2.35. The van der Waals surface area contributed by atoms with Gasteiger partial charge in [0, 0.05) is 49.9 Å². The Balaban J connectivity index is 1.56. The topological polar surface area (TPSA) is 69.9 Å². The Hall–Kier alpha value is -3.06. The maximum atomic E-state index is 5.58. The lowest BCUT2D eigenvalue weighted by Crippen LogP contribution is -2.31. The fraction of sp³-hybridized carbons (Fsp3) is 0.333. The Bertz CT molecular complexity index is 931. The van der Waals surface area contributed by atoms with Crippen LogP contribution in [-0.2, 0) is 19.5 Å². The maximum Gasteiger partial charge on any atom is 0.195 e. The lowest BCUT2D eigenvalue weighted by molar-refractivity contribution is 0.234. The van der Waals surface area contributed by atoms with E-state index in [-0.39, 0.29) is 0 Å². The molecule has 146 valence electrons. The summed E-state index contributed by atoms with van der Waals surface area (Å²) in [6, 6.07) is 7.48. The molecule has 0 saturated carbocycles. The second-order valence-corrected chi connectivity index (χ2v) is 6.61. The highest BCUT2D eigenvalue weighted by Gasteiger charge is 2.22. The zero-order valence-electron chi connectivity index (χ0n) is 16.3. The van der Waals surface area contributed by atoms with E-state index in [1.165, 1.54) is 0 Å². The number of nitrogens with zero attached hydrogens (tertiary/aromatic N) is 3. The van der Waals surface area contributed by atoms with Gasteiger partial charge in [-0.2, -0.15) is 0 Å². The Labute approximate surface area is 163 Å². The maximum absolute atomic E-state index is 5.58. The van der Waals surface area contributed by atoms with Crippen LogP contribution in [0.15, 0.2) is 41.1 Å². The van der Waals surface area contributed by atoms with Crippen molar-refractivity contribution in [3.8, 4) is 28.8 Å². The second-order valence-electron chi connectivity index (χ2n) is 6.61. The number of fused-ring (bicyclic) bond motifs is 1. The summed E-state index contributed by atoms with van der Waals surface area (Å²) in [7, 11) is 4.95. The van der Waals surface area contributed by atoms with Crippen molar-refractivity contribution in [3.05, 3.63) is 53.5 Å². The van der Waals surface area contributed by atoms with Crippen LogP contribution in [0.4, 0.5) is 0 Å². The van der Waals surface area contributed by atoms with Gasteiger partial charge in [0.25, 0.3) is 0 Å². The molecule has 3 aromatic rings. The molecule has 1 aromatic carbocycles. The lowest BCUT2D eigenvalue weighted by atomic mass is 10.1. The third kappa shape index (κ3) is 3.53. The third-order valence-electron chi connectivity index (χ3n) is 4.95. The van der Waals surface area contributed by atoms with Gasteiger partial charge in [-0.25, -0.2) is 9.97 Å². The van der Waals surface area contributed by atoms with Crippen molar-refractivity contribution in [2.75, 3.05) is 27.9 Å². The van der Waals surface area contributed by atoms with Gasteiger partial charge in [-0.15, -0.1) is 0 Å². The van der Waals surface area contributed by atoms with Crippen LogP contribution in [0.2, 0.25) is 0 Å². The molecule has 0 aliphatic carbocycles. The average molecular weight is 381 g/mol. The van der Waals surface area contributed by atoms with Crippen molar-refractivity contribution >= 4 is 0 Å². The summed E-state index contributed by atoms with van der Waals surface area (Å²) < 4.78 is 21.9. The predicted octanol–water partition coefficient (Wildman–Crippen LogP) is 3.32. The Morgan fingerprint density at radius 3 is 2.54 bits per heavy atom. The molecule has 0 atom stereocenters. The minimum atomic E-state index is 0.635. The van der Waals surface area contributed by atoms with Crippen LogP contribution >= 0.6 is 0 Å². The molecule has 4 rings (SSSR count). The number of methoxy groups -OCH3 is 3. The summed E-state index contributed by atoms with van der Waals surface area (Å²) in [5.74, 6) is 3.55. The van der Waals surface area contributed by atoms with E-state index in [9.17, 15) is 0 Å². The zero-order chi connectivity index (χ0) is 19.5.